The van der Waals surface area contributed by atoms with Crippen LogP contribution in [0.2, 0.25) is 5.02 Å². The van der Waals surface area contributed by atoms with Gasteiger partial charge in [0.1, 0.15) is 5.52 Å². The number of rotatable bonds is 3. The highest BCUT2D eigenvalue weighted by atomic mass is 35.5. The molecule has 6 heteroatoms. The predicted molar refractivity (Wildman–Crippen MR) is 110 cm³/mol. The molecule has 0 saturated heterocycles. The van der Waals surface area contributed by atoms with Crippen molar-refractivity contribution in [2.24, 2.45) is 0 Å². The van der Waals surface area contributed by atoms with Crippen LogP contribution in [0.25, 0.3) is 22.6 Å². The normalized spacial score (nSPS) is 14.5. The molecule has 0 spiro atoms. The number of benzene rings is 3. The lowest BCUT2D eigenvalue weighted by Gasteiger charge is -2.22. The highest BCUT2D eigenvalue weighted by Crippen LogP contribution is 2.34. The van der Waals surface area contributed by atoms with Gasteiger partial charge in [-0.1, -0.05) is 41.9 Å². The topological polar surface area (TPSA) is 63.4 Å². The zero-order valence-electron chi connectivity index (χ0n) is 15.4. The molecule has 2 heterocycles. The Labute approximate surface area is 171 Å². The number of imide groups is 1. The summed E-state index contributed by atoms with van der Waals surface area (Å²) in [5.74, 6) is -0.237. The number of oxazole rings is 1. The summed E-state index contributed by atoms with van der Waals surface area (Å²) in [5.41, 5.74) is 3.52. The summed E-state index contributed by atoms with van der Waals surface area (Å²) in [6, 6.07) is 19.4. The Balaban J connectivity index is 1.54. The number of hydrogen-bond acceptors (Lipinski definition) is 4. The molecule has 0 fully saturated rings. The van der Waals surface area contributed by atoms with Gasteiger partial charge in [0.15, 0.2) is 5.58 Å². The molecule has 0 N–H and O–H groups in total. The van der Waals surface area contributed by atoms with Gasteiger partial charge in [-0.05, 0) is 48.9 Å². The first-order valence-electron chi connectivity index (χ1n) is 9.16. The van der Waals surface area contributed by atoms with E-state index in [4.69, 9.17) is 16.0 Å². The minimum atomic E-state index is -0.362. The first-order chi connectivity index (χ1) is 14.0. The lowest BCUT2D eigenvalue weighted by atomic mass is 10.1. The average Bonchev–Trinajstić information content (AvgIpc) is 3.26. The number of hydrogen-bond donors (Lipinski definition) is 0. The molecule has 1 aliphatic heterocycles. The molecule has 0 saturated carbocycles. The molecule has 4 aromatic rings. The van der Waals surface area contributed by atoms with E-state index in [2.05, 4.69) is 4.98 Å². The highest BCUT2D eigenvalue weighted by Gasteiger charge is 2.39. The second-order valence-electron chi connectivity index (χ2n) is 6.96. The Bertz CT molecular complexity index is 1280. The highest BCUT2D eigenvalue weighted by molar-refractivity contribution is 6.31. The maximum Gasteiger partial charge on any atom is 0.262 e. The van der Waals surface area contributed by atoms with Crippen molar-refractivity contribution in [2.45, 2.75) is 13.0 Å². The summed E-state index contributed by atoms with van der Waals surface area (Å²) in [4.78, 5) is 31.7. The van der Waals surface area contributed by atoms with Crippen molar-refractivity contribution in [1.29, 1.82) is 0 Å². The Hall–Kier alpha value is -3.44. The van der Waals surface area contributed by atoms with Crippen LogP contribution in [0.3, 0.4) is 0 Å². The van der Waals surface area contributed by atoms with Crippen LogP contribution in [0.4, 0.5) is 0 Å². The van der Waals surface area contributed by atoms with Crippen molar-refractivity contribution in [2.75, 3.05) is 0 Å². The summed E-state index contributed by atoms with van der Waals surface area (Å²) < 4.78 is 5.79. The van der Waals surface area contributed by atoms with Crippen LogP contribution in [0.15, 0.2) is 71.1 Å². The summed E-state index contributed by atoms with van der Waals surface area (Å²) in [6.45, 7) is 1.85. The van der Waals surface area contributed by atoms with Gasteiger partial charge in [0, 0.05) is 10.6 Å². The van der Waals surface area contributed by atoms with Crippen LogP contribution >= 0.6 is 11.6 Å². The van der Waals surface area contributed by atoms with E-state index in [0.717, 1.165) is 5.56 Å². The third-order valence-corrected chi connectivity index (χ3v) is 5.42. The van der Waals surface area contributed by atoms with Crippen LogP contribution < -0.4 is 0 Å². The van der Waals surface area contributed by atoms with Crippen molar-refractivity contribution in [3.05, 3.63) is 88.4 Å². The van der Waals surface area contributed by atoms with Gasteiger partial charge >= 0.3 is 0 Å². The molecule has 1 aromatic heterocycles. The molecule has 0 unspecified atom stereocenters. The monoisotopic (exact) mass is 402 g/mol. The molecular formula is C23H15ClN2O3. The van der Waals surface area contributed by atoms with Gasteiger partial charge < -0.3 is 4.42 Å². The lowest BCUT2D eigenvalue weighted by molar-refractivity contribution is 0.0595. The zero-order chi connectivity index (χ0) is 20.1. The van der Waals surface area contributed by atoms with Crippen molar-refractivity contribution in [1.82, 2.24) is 9.88 Å². The SMILES string of the molecule is C[C@H](c1ccccc1)N1C(=O)c2ccc(-c3nc4cc(Cl)ccc4o3)cc2C1=O. The van der Waals surface area contributed by atoms with Crippen molar-refractivity contribution in [3.8, 4) is 11.5 Å². The van der Waals surface area contributed by atoms with Crippen molar-refractivity contribution < 1.29 is 14.0 Å². The fraction of sp³-hybridized carbons (Fsp3) is 0.0870. The molecule has 1 aliphatic rings. The lowest BCUT2D eigenvalue weighted by Crippen LogP contribution is -2.32. The molecule has 1 atom stereocenters. The van der Waals surface area contributed by atoms with E-state index in [9.17, 15) is 9.59 Å². The summed E-state index contributed by atoms with van der Waals surface area (Å²) in [5, 5.41) is 0.567. The van der Waals surface area contributed by atoms with Gasteiger partial charge in [-0.25, -0.2) is 4.98 Å². The van der Waals surface area contributed by atoms with Crippen molar-refractivity contribution in [3.63, 3.8) is 0 Å². The number of amides is 2. The number of nitrogens with zero attached hydrogens (tertiary/aromatic N) is 2. The Morgan fingerprint density at radius 1 is 0.931 bits per heavy atom. The fourth-order valence-electron chi connectivity index (χ4n) is 3.65. The number of halogens is 1. The van der Waals surface area contributed by atoms with Gasteiger partial charge in [-0.15, -0.1) is 0 Å². The summed E-state index contributed by atoms with van der Waals surface area (Å²) in [7, 11) is 0. The van der Waals surface area contributed by atoms with Gasteiger partial charge in [-0.3, -0.25) is 14.5 Å². The Morgan fingerprint density at radius 2 is 1.69 bits per heavy atom. The quantitative estimate of drug-likeness (QED) is 0.424. The molecule has 3 aromatic carbocycles. The molecule has 29 heavy (non-hydrogen) atoms. The summed E-state index contributed by atoms with van der Waals surface area (Å²) >= 11 is 6.01. The standard InChI is InChI=1S/C23H15ClN2O3/c1-13(14-5-3-2-4-6-14)26-22(27)17-9-7-15(11-18(17)23(26)28)21-25-19-12-16(24)8-10-20(19)29-21/h2-13H,1H3/t13-/m1/s1. The van der Waals surface area contributed by atoms with Gasteiger partial charge in [0.05, 0.1) is 17.2 Å². The largest absolute Gasteiger partial charge is 0.436 e. The second-order valence-corrected chi connectivity index (χ2v) is 7.39. The fourth-order valence-corrected chi connectivity index (χ4v) is 3.82. The number of aromatic nitrogens is 1. The zero-order valence-corrected chi connectivity index (χ0v) is 16.2. The molecule has 5 rings (SSSR count). The molecule has 0 radical (unpaired) electrons. The summed E-state index contributed by atoms with van der Waals surface area (Å²) in [6.07, 6.45) is 0. The third kappa shape index (κ3) is 2.82. The van der Waals surface area contributed by atoms with E-state index >= 15 is 0 Å². The Morgan fingerprint density at radius 3 is 2.48 bits per heavy atom. The maximum atomic E-state index is 13.1. The van der Waals surface area contributed by atoms with Crippen LogP contribution in [-0.2, 0) is 0 Å². The maximum absolute atomic E-state index is 13.1. The van der Waals surface area contributed by atoms with Crippen LogP contribution in [-0.4, -0.2) is 21.7 Å². The van der Waals surface area contributed by atoms with Crippen LogP contribution in [0.1, 0.15) is 39.2 Å². The van der Waals surface area contributed by atoms with E-state index in [0.29, 0.717) is 38.7 Å². The number of carbonyl (C=O) groups is 2. The molecule has 2 amide bonds. The van der Waals surface area contributed by atoms with Crippen LogP contribution in [0, 0.1) is 0 Å². The molecular weight excluding hydrogens is 388 g/mol. The average molecular weight is 403 g/mol. The molecule has 0 aliphatic carbocycles. The first kappa shape index (κ1) is 17.6. The van der Waals surface area contributed by atoms with Crippen molar-refractivity contribution >= 4 is 34.5 Å². The van der Waals surface area contributed by atoms with E-state index < -0.39 is 0 Å². The smallest absolute Gasteiger partial charge is 0.262 e. The minimum Gasteiger partial charge on any atom is -0.436 e. The van der Waals surface area contributed by atoms with E-state index in [1.165, 1.54) is 4.90 Å². The predicted octanol–water partition coefficient (Wildman–Crippen LogP) is 5.51. The molecule has 142 valence electrons. The van der Waals surface area contributed by atoms with Gasteiger partial charge in [0.25, 0.3) is 11.8 Å². The second kappa shape index (κ2) is 6.57. The minimum absolute atomic E-state index is 0.294. The third-order valence-electron chi connectivity index (χ3n) is 5.18. The van der Waals surface area contributed by atoms with Gasteiger partial charge in [-0.2, -0.15) is 0 Å². The number of fused-ring (bicyclic) bond motifs is 2. The Kier molecular flexibility index (Phi) is 4.00. The van der Waals surface area contributed by atoms with Crippen LogP contribution in [0.5, 0.6) is 0 Å². The van der Waals surface area contributed by atoms with E-state index in [1.807, 2.05) is 37.3 Å². The number of carbonyl (C=O) groups excluding carboxylic acids is 2. The van der Waals surface area contributed by atoms with E-state index in [-0.39, 0.29) is 17.9 Å². The van der Waals surface area contributed by atoms with E-state index in [1.54, 1.807) is 36.4 Å². The first-order valence-corrected chi connectivity index (χ1v) is 9.54. The molecule has 5 nitrogen and oxygen atoms in total. The molecule has 0 bridgehead atoms. The van der Waals surface area contributed by atoms with Gasteiger partial charge in [0.2, 0.25) is 5.89 Å².